The molecule has 0 amide bonds. The van der Waals surface area contributed by atoms with Crippen molar-refractivity contribution in [3.05, 3.63) is 145 Å². The monoisotopic (exact) mass is 425 g/mol. The molecular formula is C31H23NO. The van der Waals surface area contributed by atoms with Crippen LogP contribution in [0.25, 0.3) is 16.8 Å². The summed E-state index contributed by atoms with van der Waals surface area (Å²) in [5.41, 5.74) is 4.93. The molecule has 2 nitrogen and oxygen atoms in total. The summed E-state index contributed by atoms with van der Waals surface area (Å²) in [4.78, 5) is 14.9. The summed E-state index contributed by atoms with van der Waals surface area (Å²) in [7, 11) is 0. The number of allylic oxidation sites excluding steroid dienone is 1. The number of hydrogen-bond donors (Lipinski definition) is 0. The molecule has 158 valence electrons. The lowest BCUT2D eigenvalue weighted by Crippen LogP contribution is -2.09. The van der Waals surface area contributed by atoms with Crippen molar-refractivity contribution in [3.8, 4) is 0 Å². The van der Waals surface area contributed by atoms with Crippen LogP contribution in [0, 0.1) is 0 Å². The summed E-state index contributed by atoms with van der Waals surface area (Å²) in [6.07, 6.45) is 3.52. The van der Waals surface area contributed by atoms with E-state index in [0.29, 0.717) is 5.56 Å². The van der Waals surface area contributed by atoms with Crippen LogP contribution in [0.15, 0.2) is 133 Å². The molecule has 0 aliphatic rings. The zero-order chi connectivity index (χ0) is 22.5. The molecular weight excluding hydrogens is 402 g/mol. The fourth-order valence-electron chi connectivity index (χ4n) is 3.95. The molecule has 0 aliphatic carbocycles. The number of fused-ring (bicyclic) bond motifs is 1. The summed E-state index contributed by atoms with van der Waals surface area (Å²) in [6, 6.07) is 42.8. The van der Waals surface area contributed by atoms with Crippen molar-refractivity contribution in [2.75, 3.05) is 4.90 Å². The Balaban J connectivity index is 1.38. The number of para-hydroxylation sites is 2. The summed E-state index contributed by atoms with van der Waals surface area (Å²) < 4.78 is 0. The van der Waals surface area contributed by atoms with Crippen LogP contribution in [-0.2, 0) is 0 Å². The Hall–Kier alpha value is -4.43. The van der Waals surface area contributed by atoms with Crippen LogP contribution < -0.4 is 4.90 Å². The number of carbonyl (C=O) groups is 1. The quantitative estimate of drug-likeness (QED) is 0.202. The van der Waals surface area contributed by atoms with E-state index in [2.05, 4.69) is 47.4 Å². The lowest BCUT2D eigenvalue weighted by Gasteiger charge is -2.25. The van der Waals surface area contributed by atoms with Crippen LogP contribution in [0.1, 0.15) is 15.9 Å². The van der Waals surface area contributed by atoms with Gasteiger partial charge in [-0.15, -0.1) is 0 Å². The van der Waals surface area contributed by atoms with E-state index in [1.807, 2.05) is 91.0 Å². The van der Waals surface area contributed by atoms with Gasteiger partial charge in [-0.1, -0.05) is 91.0 Å². The zero-order valence-electron chi connectivity index (χ0n) is 18.1. The second kappa shape index (κ2) is 9.37. The lowest BCUT2D eigenvalue weighted by atomic mass is 10.0. The molecule has 0 heterocycles. The fraction of sp³-hybridized carbons (Fsp3) is 0. The van der Waals surface area contributed by atoms with Crippen LogP contribution in [0.4, 0.5) is 17.1 Å². The van der Waals surface area contributed by atoms with Crippen LogP contribution in [0.5, 0.6) is 0 Å². The predicted molar refractivity (Wildman–Crippen MR) is 138 cm³/mol. The Kier molecular flexibility index (Phi) is 5.81. The molecule has 5 aromatic rings. The number of hydrogen-bond acceptors (Lipinski definition) is 2. The Morgan fingerprint density at radius 2 is 1.09 bits per heavy atom. The molecule has 0 radical (unpaired) electrons. The zero-order valence-corrected chi connectivity index (χ0v) is 18.1. The molecule has 2 heteroatoms. The molecule has 0 saturated heterocycles. The Morgan fingerprint density at radius 3 is 1.73 bits per heavy atom. The second-order valence-electron chi connectivity index (χ2n) is 7.86. The Bertz CT molecular complexity index is 1360. The second-order valence-corrected chi connectivity index (χ2v) is 7.86. The SMILES string of the molecule is O=C(C=Cc1ccc(N(c2ccccc2)c2ccccc2)cc1)c1ccc2ccccc2c1. The number of nitrogens with zero attached hydrogens (tertiary/aromatic N) is 1. The van der Waals surface area contributed by atoms with E-state index in [1.54, 1.807) is 6.08 Å². The average Bonchev–Trinajstić information content (AvgIpc) is 2.89. The van der Waals surface area contributed by atoms with Crippen molar-refractivity contribution >= 4 is 39.7 Å². The molecule has 0 atom stereocenters. The van der Waals surface area contributed by atoms with Crippen molar-refractivity contribution in [1.82, 2.24) is 0 Å². The maximum atomic E-state index is 12.7. The van der Waals surface area contributed by atoms with Gasteiger partial charge in [-0.25, -0.2) is 0 Å². The first-order chi connectivity index (χ1) is 16.3. The third kappa shape index (κ3) is 4.60. The van der Waals surface area contributed by atoms with Gasteiger partial charge in [0.15, 0.2) is 5.78 Å². The van der Waals surface area contributed by atoms with Gasteiger partial charge in [0.2, 0.25) is 0 Å². The minimum atomic E-state index is 0.0000252. The number of carbonyl (C=O) groups excluding carboxylic acids is 1. The van der Waals surface area contributed by atoms with Gasteiger partial charge in [-0.2, -0.15) is 0 Å². The maximum absolute atomic E-state index is 12.7. The van der Waals surface area contributed by atoms with Crippen LogP contribution in [0.2, 0.25) is 0 Å². The summed E-state index contributed by atoms with van der Waals surface area (Å²) >= 11 is 0. The smallest absolute Gasteiger partial charge is 0.185 e. The van der Waals surface area contributed by atoms with Crippen molar-refractivity contribution in [1.29, 1.82) is 0 Å². The van der Waals surface area contributed by atoms with Gasteiger partial charge in [-0.3, -0.25) is 4.79 Å². The largest absolute Gasteiger partial charge is 0.311 e. The standard InChI is InChI=1S/C31H23NO/c33-31(27-19-18-25-9-7-8-10-26(25)23-27)22-17-24-15-20-30(21-16-24)32(28-11-3-1-4-12-28)29-13-5-2-6-14-29/h1-23H. The average molecular weight is 426 g/mol. The van der Waals surface area contributed by atoms with Crippen molar-refractivity contribution in [2.45, 2.75) is 0 Å². The van der Waals surface area contributed by atoms with E-state index in [-0.39, 0.29) is 5.78 Å². The van der Waals surface area contributed by atoms with E-state index in [1.165, 1.54) is 0 Å². The summed E-state index contributed by atoms with van der Waals surface area (Å²) in [6.45, 7) is 0. The molecule has 0 saturated carbocycles. The highest BCUT2D eigenvalue weighted by Crippen LogP contribution is 2.34. The topological polar surface area (TPSA) is 20.3 Å². The third-order valence-corrected chi connectivity index (χ3v) is 5.64. The number of benzene rings is 5. The van der Waals surface area contributed by atoms with E-state index in [9.17, 15) is 4.79 Å². The van der Waals surface area contributed by atoms with Gasteiger partial charge in [0, 0.05) is 22.6 Å². The molecule has 5 rings (SSSR count). The Labute approximate surface area is 194 Å². The molecule has 0 aliphatic heterocycles. The highest BCUT2D eigenvalue weighted by molar-refractivity contribution is 6.08. The van der Waals surface area contributed by atoms with Gasteiger partial charge < -0.3 is 4.90 Å². The fourth-order valence-corrected chi connectivity index (χ4v) is 3.95. The minimum Gasteiger partial charge on any atom is -0.311 e. The number of ketones is 1. The molecule has 0 spiro atoms. The lowest BCUT2D eigenvalue weighted by molar-refractivity contribution is 0.104. The van der Waals surface area contributed by atoms with E-state index in [4.69, 9.17) is 0 Å². The van der Waals surface area contributed by atoms with Gasteiger partial charge >= 0.3 is 0 Å². The Morgan fingerprint density at radius 1 is 0.545 bits per heavy atom. The molecule has 0 unspecified atom stereocenters. The van der Waals surface area contributed by atoms with E-state index < -0.39 is 0 Å². The molecule has 0 bridgehead atoms. The third-order valence-electron chi connectivity index (χ3n) is 5.64. The van der Waals surface area contributed by atoms with Crippen LogP contribution in [0.3, 0.4) is 0 Å². The first-order valence-corrected chi connectivity index (χ1v) is 11.0. The predicted octanol–water partition coefficient (Wildman–Crippen LogP) is 8.21. The minimum absolute atomic E-state index is 0.0000252. The molecule has 33 heavy (non-hydrogen) atoms. The summed E-state index contributed by atoms with van der Waals surface area (Å²) in [5.74, 6) is 0.0000252. The van der Waals surface area contributed by atoms with Crippen LogP contribution in [-0.4, -0.2) is 5.78 Å². The summed E-state index contributed by atoms with van der Waals surface area (Å²) in [5, 5.41) is 2.21. The van der Waals surface area contributed by atoms with Crippen LogP contribution >= 0.6 is 0 Å². The highest BCUT2D eigenvalue weighted by Gasteiger charge is 2.11. The van der Waals surface area contributed by atoms with Gasteiger partial charge in [0.05, 0.1) is 0 Å². The highest BCUT2D eigenvalue weighted by atomic mass is 16.1. The van der Waals surface area contributed by atoms with Gasteiger partial charge in [-0.05, 0) is 64.9 Å². The van der Waals surface area contributed by atoms with Crippen molar-refractivity contribution in [3.63, 3.8) is 0 Å². The first-order valence-electron chi connectivity index (χ1n) is 11.0. The molecule has 5 aromatic carbocycles. The first kappa shape index (κ1) is 20.5. The molecule has 0 aromatic heterocycles. The van der Waals surface area contributed by atoms with Gasteiger partial charge in [0.25, 0.3) is 0 Å². The maximum Gasteiger partial charge on any atom is 0.185 e. The normalized spacial score (nSPS) is 11.0. The number of anilines is 3. The molecule has 0 fully saturated rings. The van der Waals surface area contributed by atoms with Crippen molar-refractivity contribution in [2.24, 2.45) is 0 Å². The molecule has 0 N–H and O–H groups in total. The van der Waals surface area contributed by atoms with Gasteiger partial charge in [0.1, 0.15) is 0 Å². The van der Waals surface area contributed by atoms with E-state index >= 15 is 0 Å². The van der Waals surface area contributed by atoms with E-state index in [0.717, 1.165) is 33.4 Å². The number of rotatable bonds is 6. The van der Waals surface area contributed by atoms with Crippen molar-refractivity contribution < 1.29 is 4.79 Å².